The lowest BCUT2D eigenvalue weighted by Gasteiger charge is -2.08. The summed E-state index contributed by atoms with van der Waals surface area (Å²) in [5.41, 5.74) is 7.02. The lowest BCUT2D eigenvalue weighted by molar-refractivity contribution is 0.625. The fourth-order valence-electron chi connectivity index (χ4n) is 1.53. The van der Waals surface area contributed by atoms with Crippen LogP contribution in [0.4, 0.5) is 15.9 Å². The number of aromatic nitrogens is 2. The van der Waals surface area contributed by atoms with E-state index in [9.17, 15) is 4.39 Å². The van der Waals surface area contributed by atoms with Crippen LogP contribution in [0.25, 0.3) is 0 Å². The van der Waals surface area contributed by atoms with Crippen molar-refractivity contribution in [3.05, 3.63) is 47.1 Å². The minimum Gasteiger partial charge on any atom is -0.394 e. The molecule has 0 unspecified atom stereocenters. The summed E-state index contributed by atoms with van der Waals surface area (Å²) in [6, 6.07) is 6.46. The molecule has 0 aliphatic rings. The molecule has 0 aliphatic heterocycles. The molecular weight excluding hydrogens is 255 g/mol. The number of nitrogens with zero attached hydrogens (tertiary/aromatic N) is 2. The van der Waals surface area contributed by atoms with Gasteiger partial charge in [-0.1, -0.05) is 12.1 Å². The van der Waals surface area contributed by atoms with E-state index < -0.39 is 0 Å². The minimum atomic E-state index is -0.239. The van der Waals surface area contributed by atoms with Crippen molar-refractivity contribution in [2.45, 2.75) is 6.42 Å². The molecule has 4 nitrogen and oxygen atoms in total. The Kier molecular flexibility index (Phi) is 3.94. The molecule has 18 heavy (non-hydrogen) atoms. The summed E-state index contributed by atoms with van der Waals surface area (Å²) in [7, 11) is 0. The van der Waals surface area contributed by atoms with E-state index in [0.717, 1.165) is 5.56 Å². The lowest BCUT2D eigenvalue weighted by atomic mass is 10.1. The summed E-state index contributed by atoms with van der Waals surface area (Å²) in [4.78, 5) is 7.72. The van der Waals surface area contributed by atoms with E-state index in [-0.39, 0.29) is 11.1 Å². The molecule has 6 heteroatoms. The maximum atomic E-state index is 13.0. The van der Waals surface area contributed by atoms with Crippen molar-refractivity contribution >= 4 is 23.1 Å². The van der Waals surface area contributed by atoms with E-state index in [2.05, 4.69) is 15.3 Å². The Bertz CT molecular complexity index is 547. The zero-order valence-electron chi connectivity index (χ0n) is 9.53. The first-order valence-corrected chi connectivity index (χ1v) is 5.79. The minimum absolute atomic E-state index is 0.137. The van der Waals surface area contributed by atoms with Crippen molar-refractivity contribution in [1.82, 2.24) is 9.97 Å². The number of anilines is 2. The molecule has 0 amide bonds. The van der Waals surface area contributed by atoms with E-state index >= 15 is 0 Å². The molecule has 0 radical (unpaired) electrons. The number of nitrogens with two attached hydrogens (primary N) is 1. The Morgan fingerprint density at radius 2 is 2.22 bits per heavy atom. The second-order valence-corrected chi connectivity index (χ2v) is 4.09. The van der Waals surface area contributed by atoms with Crippen molar-refractivity contribution in [2.24, 2.45) is 0 Å². The molecule has 0 spiro atoms. The van der Waals surface area contributed by atoms with Crippen LogP contribution in [0.5, 0.6) is 0 Å². The van der Waals surface area contributed by atoms with Gasteiger partial charge in [-0.2, -0.15) is 4.98 Å². The monoisotopic (exact) mass is 266 g/mol. The van der Waals surface area contributed by atoms with Gasteiger partial charge in [0.15, 0.2) is 5.82 Å². The Morgan fingerprint density at radius 3 is 3.00 bits per heavy atom. The lowest BCUT2D eigenvalue weighted by Crippen LogP contribution is -2.09. The second-order valence-electron chi connectivity index (χ2n) is 3.75. The number of nitrogen functional groups attached to an aromatic ring is 1. The highest BCUT2D eigenvalue weighted by Crippen LogP contribution is 2.15. The van der Waals surface area contributed by atoms with Crippen LogP contribution in [-0.4, -0.2) is 16.5 Å². The second kappa shape index (κ2) is 5.64. The average Bonchev–Trinajstić information content (AvgIpc) is 2.34. The van der Waals surface area contributed by atoms with Gasteiger partial charge in [-0.15, -0.1) is 0 Å². The smallest absolute Gasteiger partial charge is 0.224 e. The Balaban J connectivity index is 1.94. The zero-order valence-corrected chi connectivity index (χ0v) is 10.3. The fourth-order valence-corrected chi connectivity index (χ4v) is 1.66. The number of hydrogen-bond donors (Lipinski definition) is 2. The molecule has 0 atom stereocenters. The highest BCUT2D eigenvalue weighted by molar-refractivity contribution is 6.28. The maximum absolute atomic E-state index is 13.0. The highest BCUT2D eigenvalue weighted by Gasteiger charge is 2.02. The van der Waals surface area contributed by atoms with Gasteiger partial charge in [0.1, 0.15) is 5.82 Å². The standard InChI is InChI=1S/C12H12ClFN4/c13-12-17-7-10(15)11(18-12)16-5-4-8-2-1-3-9(14)6-8/h1-3,6-7H,4-5,15H2,(H,16,17,18). The van der Waals surface area contributed by atoms with Crippen LogP contribution in [0.2, 0.25) is 5.28 Å². The third-order valence-corrected chi connectivity index (χ3v) is 2.56. The molecule has 1 aromatic carbocycles. The summed E-state index contributed by atoms with van der Waals surface area (Å²) in [5.74, 6) is 0.253. The van der Waals surface area contributed by atoms with Crippen LogP contribution in [0.3, 0.4) is 0 Å². The molecule has 0 aliphatic carbocycles. The van der Waals surface area contributed by atoms with Gasteiger partial charge in [0, 0.05) is 6.54 Å². The van der Waals surface area contributed by atoms with Gasteiger partial charge in [0.05, 0.1) is 11.9 Å². The predicted molar refractivity (Wildman–Crippen MR) is 70.0 cm³/mol. The summed E-state index contributed by atoms with van der Waals surface area (Å²) >= 11 is 5.67. The van der Waals surface area contributed by atoms with E-state index in [1.807, 2.05) is 6.07 Å². The normalized spacial score (nSPS) is 10.3. The molecule has 0 saturated heterocycles. The summed E-state index contributed by atoms with van der Waals surface area (Å²) in [6.07, 6.45) is 2.11. The Labute approximate surface area is 109 Å². The van der Waals surface area contributed by atoms with Gasteiger partial charge in [0.2, 0.25) is 5.28 Å². The quantitative estimate of drug-likeness (QED) is 0.835. The number of rotatable bonds is 4. The van der Waals surface area contributed by atoms with Crippen molar-refractivity contribution in [1.29, 1.82) is 0 Å². The van der Waals surface area contributed by atoms with Crippen molar-refractivity contribution in [3.63, 3.8) is 0 Å². The van der Waals surface area contributed by atoms with Crippen LogP contribution in [0, 0.1) is 5.82 Å². The van der Waals surface area contributed by atoms with Crippen LogP contribution < -0.4 is 11.1 Å². The Morgan fingerprint density at radius 1 is 1.39 bits per heavy atom. The number of nitrogens with one attached hydrogen (secondary N) is 1. The average molecular weight is 267 g/mol. The molecule has 2 rings (SSSR count). The Hall–Kier alpha value is -1.88. The van der Waals surface area contributed by atoms with Crippen molar-refractivity contribution in [2.75, 3.05) is 17.6 Å². The van der Waals surface area contributed by atoms with Crippen LogP contribution in [0.15, 0.2) is 30.5 Å². The molecule has 0 bridgehead atoms. The van der Waals surface area contributed by atoms with Gasteiger partial charge in [-0.3, -0.25) is 0 Å². The van der Waals surface area contributed by atoms with Crippen molar-refractivity contribution < 1.29 is 4.39 Å². The van der Waals surface area contributed by atoms with Gasteiger partial charge >= 0.3 is 0 Å². The first-order chi connectivity index (χ1) is 8.65. The highest BCUT2D eigenvalue weighted by atomic mass is 35.5. The zero-order chi connectivity index (χ0) is 13.0. The van der Waals surface area contributed by atoms with Gasteiger partial charge in [-0.05, 0) is 35.7 Å². The van der Waals surface area contributed by atoms with Crippen LogP contribution in [0.1, 0.15) is 5.56 Å². The predicted octanol–water partition coefficient (Wildman–Crippen LogP) is 2.51. The molecular formula is C12H12ClFN4. The summed E-state index contributed by atoms with van der Waals surface area (Å²) < 4.78 is 13.0. The first kappa shape index (κ1) is 12.6. The van der Waals surface area contributed by atoms with Crippen LogP contribution in [-0.2, 0) is 6.42 Å². The molecule has 2 aromatic rings. The fraction of sp³-hybridized carbons (Fsp3) is 0.167. The largest absolute Gasteiger partial charge is 0.394 e. The SMILES string of the molecule is Nc1cnc(Cl)nc1NCCc1cccc(F)c1. The third-order valence-electron chi connectivity index (χ3n) is 2.38. The molecule has 0 saturated carbocycles. The third kappa shape index (κ3) is 3.30. The van der Waals surface area contributed by atoms with E-state index in [0.29, 0.717) is 24.5 Å². The van der Waals surface area contributed by atoms with Gasteiger partial charge in [-0.25, -0.2) is 9.37 Å². The van der Waals surface area contributed by atoms with Crippen LogP contribution >= 0.6 is 11.6 Å². The van der Waals surface area contributed by atoms with Crippen molar-refractivity contribution in [3.8, 4) is 0 Å². The van der Waals surface area contributed by atoms with E-state index in [1.165, 1.54) is 18.3 Å². The molecule has 1 heterocycles. The number of halogens is 2. The molecule has 94 valence electrons. The first-order valence-electron chi connectivity index (χ1n) is 5.41. The number of hydrogen-bond acceptors (Lipinski definition) is 4. The summed E-state index contributed by atoms with van der Waals surface area (Å²) in [6.45, 7) is 0.584. The topological polar surface area (TPSA) is 63.8 Å². The van der Waals surface area contributed by atoms with Gasteiger partial charge < -0.3 is 11.1 Å². The molecule has 1 aromatic heterocycles. The van der Waals surface area contributed by atoms with Gasteiger partial charge in [0.25, 0.3) is 0 Å². The maximum Gasteiger partial charge on any atom is 0.224 e. The molecule has 0 fully saturated rings. The number of benzene rings is 1. The van der Waals surface area contributed by atoms with E-state index in [1.54, 1.807) is 6.07 Å². The summed E-state index contributed by atoms with van der Waals surface area (Å²) in [5, 5.41) is 3.18. The van der Waals surface area contributed by atoms with E-state index in [4.69, 9.17) is 17.3 Å². The molecule has 3 N–H and O–H groups in total.